The van der Waals surface area contributed by atoms with E-state index in [1.54, 1.807) is 6.20 Å². The topological polar surface area (TPSA) is 112 Å². The molecule has 0 radical (unpaired) electrons. The molecular weight excluding hydrogens is 609 g/mol. The van der Waals surface area contributed by atoms with Crippen molar-refractivity contribution in [2.24, 2.45) is 0 Å². The number of fused-ring (bicyclic) bond motifs is 1. The van der Waals surface area contributed by atoms with Gasteiger partial charge in [-0.2, -0.15) is 23.5 Å². The molecule has 0 atom stereocenters. The zero-order valence-corrected chi connectivity index (χ0v) is 24.9. The van der Waals surface area contributed by atoms with Gasteiger partial charge in [0.15, 0.2) is 0 Å². The molecule has 3 aliphatic rings. The maximum Gasteiger partial charge on any atom is 0.433 e. The van der Waals surface area contributed by atoms with Crippen LogP contribution in [0.5, 0.6) is 5.88 Å². The predicted molar refractivity (Wildman–Crippen MR) is 156 cm³/mol. The lowest BCUT2D eigenvalue weighted by Crippen LogP contribution is -2.58. The summed E-state index contributed by atoms with van der Waals surface area (Å²) in [5.74, 6) is -2.97. The highest BCUT2D eigenvalue weighted by Crippen LogP contribution is 2.46. The van der Waals surface area contributed by atoms with Crippen LogP contribution < -0.4 is 4.74 Å². The van der Waals surface area contributed by atoms with Gasteiger partial charge in [-0.3, -0.25) is 14.5 Å². The van der Waals surface area contributed by atoms with Gasteiger partial charge in [0.05, 0.1) is 36.5 Å². The third-order valence-electron chi connectivity index (χ3n) is 9.42. The lowest BCUT2D eigenvalue weighted by atomic mass is 9.69. The van der Waals surface area contributed by atoms with E-state index in [1.165, 1.54) is 17.3 Å². The van der Waals surface area contributed by atoms with Crippen molar-refractivity contribution < 1.29 is 26.7 Å². The molecule has 6 heterocycles. The van der Waals surface area contributed by atoms with Crippen LogP contribution in [0, 0.1) is 11.3 Å². The fourth-order valence-electron chi connectivity index (χ4n) is 7.03. The second kappa shape index (κ2) is 11.6. The maximum absolute atomic E-state index is 13.7. The Kier molecular flexibility index (Phi) is 7.67. The van der Waals surface area contributed by atoms with Crippen LogP contribution in [0.3, 0.4) is 0 Å². The summed E-state index contributed by atoms with van der Waals surface area (Å²) in [4.78, 5) is 19.3. The van der Waals surface area contributed by atoms with Crippen molar-refractivity contribution in [1.82, 2.24) is 39.5 Å². The first-order valence-electron chi connectivity index (χ1n) is 15.3. The number of hydrogen-bond donors (Lipinski definition) is 1. The van der Waals surface area contributed by atoms with E-state index in [2.05, 4.69) is 36.0 Å². The van der Waals surface area contributed by atoms with E-state index >= 15 is 0 Å². The number of alkyl halides is 5. The van der Waals surface area contributed by atoms with Gasteiger partial charge in [-0.1, -0.05) is 0 Å². The van der Waals surface area contributed by atoms with Gasteiger partial charge < -0.3 is 9.72 Å². The van der Waals surface area contributed by atoms with E-state index in [0.717, 1.165) is 41.2 Å². The quantitative estimate of drug-likeness (QED) is 0.255. The molecule has 1 saturated carbocycles. The number of piperidine rings is 1. The SMILES string of the molecule is N#CC[C@]1(n2cc(-c3ncnc4[nH]ccc34)cn2)C[C@@H](N2CCC(Oc3cc(CN4CCC(F)(F)C4)cc(C(F)(F)F)n3)CC2)C1. The number of nitrogens with zero attached hydrogens (tertiary/aromatic N) is 8. The van der Waals surface area contributed by atoms with Crippen molar-refractivity contribution in [2.45, 2.75) is 74.9 Å². The van der Waals surface area contributed by atoms with Gasteiger partial charge >= 0.3 is 6.18 Å². The minimum absolute atomic E-state index is 0.0324. The van der Waals surface area contributed by atoms with Crippen LogP contribution in [0.25, 0.3) is 22.3 Å². The number of hydrogen-bond acceptors (Lipinski definition) is 8. The van der Waals surface area contributed by atoms with Crippen LogP contribution in [0.2, 0.25) is 0 Å². The van der Waals surface area contributed by atoms with Gasteiger partial charge in [0.25, 0.3) is 5.92 Å². The molecule has 3 fully saturated rings. The Labute approximate surface area is 261 Å². The molecule has 46 heavy (non-hydrogen) atoms. The fourth-order valence-corrected chi connectivity index (χ4v) is 7.03. The largest absolute Gasteiger partial charge is 0.474 e. The Morgan fingerprint density at radius 3 is 2.63 bits per heavy atom. The van der Waals surface area contributed by atoms with Crippen LogP contribution in [-0.2, 0) is 18.3 Å². The van der Waals surface area contributed by atoms with E-state index in [-0.39, 0.29) is 43.1 Å². The van der Waals surface area contributed by atoms with Gasteiger partial charge in [0.1, 0.15) is 23.8 Å². The van der Waals surface area contributed by atoms with E-state index < -0.39 is 29.9 Å². The molecule has 15 heteroatoms. The zero-order valence-electron chi connectivity index (χ0n) is 24.9. The molecule has 0 aromatic carbocycles. The zero-order chi connectivity index (χ0) is 32.1. The number of aromatic amines is 1. The van der Waals surface area contributed by atoms with Gasteiger partial charge in [0.2, 0.25) is 5.88 Å². The fraction of sp³-hybridized carbons (Fsp3) is 0.516. The summed E-state index contributed by atoms with van der Waals surface area (Å²) < 4.78 is 76.1. The van der Waals surface area contributed by atoms with Crippen LogP contribution in [0.1, 0.15) is 49.8 Å². The van der Waals surface area contributed by atoms with Crippen molar-refractivity contribution in [3.05, 3.63) is 54.4 Å². The monoisotopic (exact) mass is 641 g/mol. The number of nitriles is 1. The molecule has 4 aromatic rings. The van der Waals surface area contributed by atoms with Crippen LogP contribution in [0.15, 0.2) is 43.1 Å². The Hall–Kier alpha value is -4.16. The highest BCUT2D eigenvalue weighted by atomic mass is 19.4. The molecule has 10 nitrogen and oxygen atoms in total. The number of pyridine rings is 1. The Bertz CT molecular complexity index is 1750. The smallest absolute Gasteiger partial charge is 0.433 e. The van der Waals surface area contributed by atoms with Crippen LogP contribution in [0.4, 0.5) is 22.0 Å². The number of nitrogens with one attached hydrogen (secondary N) is 1. The molecule has 0 bridgehead atoms. The molecule has 7 rings (SSSR count). The molecule has 2 aliphatic heterocycles. The highest BCUT2D eigenvalue weighted by Gasteiger charge is 2.49. The average Bonchev–Trinajstić information content (AvgIpc) is 3.75. The van der Waals surface area contributed by atoms with E-state index in [0.29, 0.717) is 32.4 Å². The molecule has 4 aromatic heterocycles. The van der Waals surface area contributed by atoms with Crippen molar-refractivity contribution in [3.8, 4) is 23.2 Å². The third-order valence-corrected chi connectivity index (χ3v) is 9.42. The number of ether oxygens (including phenoxy) is 1. The van der Waals surface area contributed by atoms with E-state index in [9.17, 15) is 27.2 Å². The third kappa shape index (κ3) is 6.03. The minimum atomic E-state index is -4.69. The number of likely N-dealkylation sites (tertiary alicyclic amines) is 2. The summed E-state index contributed by atoms with van der Waals surface area (Å²) in [5, 5.41) is 15.2. The molecule has 242 valence electrons. The van der Waals surface area contributed by atoms with Crippen molar-refractivity contribution >= 4 is 11.0 Å². The summed E-state index contributed by atoms with van der Waals surface area (Å²) in [5.41, 5.74) is 1.06. The lowest BCUT2D eigenvalue weighted by molar-refractivity contribution is -0.141. The molecule has 1 aliphatic carbocycles. The Balaban J connectivity index is 0.981. The summed E-state index contributed by atoms with van der Waals surface area (Å²) in [6, 6.07) is 6.82. The summed E-state index contributed by atoms with van der Waals surface area (Å²) in [7, 11) is 0. The van der Waals surface area contributed by atoms with E-state index in [4.69, 9.17) is 4.74 Å². The number of H-pyrrole nitrogens is 1. The van der Waals surface area contributed by atoms with Crippen molar-refractivity contribution in [1.29, 1.82) is 5.26 Å². The molecule has 2 saturated heterocycles. The number of rotatable bonds is 8. The highest BCUT2D eigenvalue weighted by molar-refractivity contribution is 5.90. The summed E-state index contributed by atoms with van der Waals surface area (Å²) in [6.07, 6.45) is 4.67. The summed E-state index contributed by atoms with van der Waals surface area (Å²) in [6.45, 7) is 0.966. The van der Waals surface area contributed by atoms with Crippen LogP contribution in [-0.4, -0.2) is 83.8 Å². The van der Waals surface area contributed by atoms with Crippen LogP contribution >= 0.6 is 0 Å². The second-order valence-electron chi connectivity index (χ2n) is 12.6. The first-order valence-corrected chi connectivity index (χ1v) is 15.3. The molecule has 1 N–H and O–H groups in total. The lowest BCUT2D eigenvalue weighted by Gasteiger charge is -2.52. The van der Waals surface area contributed by atoms with Crippen molar-refractivity contribution in [3.63, 3.8) is 0 Å². The van der Waals surface area contributed by atoms with E-state index in [1.807, 2.05) is 23.1 Å². The standard InChI is InChI=1S/C31H32F5N9O/c32-30(33)5-10-43(18-30)16-20-11-25(31(34,35)36)42-26(12-20)46-23-2-8-44(9-3-23)22-13-29(14-22,4-6-37)45-17-21(15-41-45)27-24-1-7-38-28(24)40-19-39-27/h1,7,11-12,15,17,19,22-23H,2-5,8-10,13-14,16,18H2,(H,38,39,40)/t22-,29+. The molecule has 0 spiro atoms. The average molecular weight is 642 g/mol. The van der Waals surface area contributed by atoms with Gasteiger partial charge in [-0.15, -0.1) is 0 Å². The predicted octanol–water partition coefficient (Wildman–Crippen LogP) is 5.39. The van der Waals surface area contributed by atoms with Gasteiger partial charge in [-0.25, -0.2) is 23.7 Å². The van der Waals surface area contributed by atoms with Gasteiger partial charge in [0, 0.05) is 68.1 Å². The molecule has 0 unspecified atom stereocenters. The first-order chi connectivity index (χ1) is 22.0. The summed E-state index contributed by atoms with van der Waals surface area (Å²) >= 11 is 0. The first kappa shape index (κ1) is 30.5. The molecule has 0 amide bonds. The minimum Gasteiger partial charge on any atom is -0.474 e. The Morgan fingerprint density at radius 2 is 1.91 bits per heavy atom. The van der Waals surface area contributed by atoms with Crippen molar-refractivity contribution in [2.75, 3.05) is 26.2 Å². The Morgan fingerprint density at radius 1 is 1.11 bits per heavy atom. The molecular formula is C31H32F5N9O. The maximum atomic E-state index is 13.7. The second-order valence-corrected chi connectivity index (χ2v) is 12.6. The normalized spacial score (nSPS) is 24.2. The number of aromatic nitrogens is 6. The number of halogens is 5. The van der Waals surface area contributed by atoms with Gasteiger partial charge in [-0.05, 0) is 43.4 Å².